The SMILES string of the molecule is Cc1nn(CCN2CCOCC2)c2cc(C(C)(C)C)ccc12. The Morgan fingerprint density at radius 1 is 1.14 bits per heavy atom. The third-order valence-electron chi connectivity index (χ3n) is 4.53. The molecule has 2 aromatic rings. The van der Waals surface area contributed by atoms with E-state index in [0.29, 0.717) is 0 Å². The first-order chi connectivity index (χ1) is 10.4. The number of hydrogen-bond donors (Lipinski definition) is 0. The number of morpholine rings is 1. The van der Waals surface area contributed by atoms with Gasteiger partial charge in [-0.25, -0.2) is 0 Å². The van der Waals surface area contributed by atoms with Crippen LogP contribution in [0.3, 0.4) is 0 Å². The summed E-state index contributed by atoms with van der Waals surface area (Å²) in [5, 5.41) is 6.03. The first kappa shape index (κ1) is 15.5. The van der Waals surface area contributed by atoms with Crippen LogP contribution >= 0.6 is 0 Å². The molecule has 0 bridgehead atoms. The molecule has 0 atom stereocenters. The molecule has 1 aliphatic heterocycles. The van der Waals surface area contributed by atoms with Crippen molar-refractivity contribution in [2.24, 2.45) is 0 Å². The molecule has 0 amide bonds. The Hall–Kier alpha value is -1.39. The van der Waals surface area contributed by atoms with E-state index < -0.39 is 0 Å². The monoisotopic (exact) mass is 301 g/mol. The summed E-state index contributed by atoms with van der Waals surface area (Å²) in [5.74, 6) is 0. The molecule has 1 aromatic heterocycles. The quantitative estimate of drug-likeness (QED) is 0.873. The van der Waals surface area contributed by atoms with Crippen LogP contribution in [-0.2, 0) is 16.7 Å². The van der Waals surface area contributed by atoms with Gasteiger partial charge < -0.3 is 4.74 Å². The van der Waals surface area contributed by atoms with E-state index in [0.717, 1.165) is 45.1 Å². The minimum atomic E-state index is 0.168. The maximum absolute atomic E-state index is 5.42. The van der Waals surface area contributed by atoms with Gasteiger partial charge >= 0.3 is 0 Å². The lowest BCUT2D eigenvalue weighted by Crippen LogP contribution is -2.38. The Labute approximate surface area is 133 Å². The summed E-state index contributed by atoms with van der Waals surface area (Å²) in [7, 11) is 0. The fourth-order valence-electron chi connectivity index (χ4n) is 3.04. The molecular formula is C18H27N3O. The van der Waals surface area contributed by atoms with Gasteiger partial charge in [0.1, 0.15) is 0 Å². The summed E-state index contributed by atoms with van der Waals surface area (Å²) in [6, 6.07) is 6.78. The zero-order chi connectivity index (χ0) is 15.7. The van der Waals surface area contributed by atoms with E-state index in [4.69, 9.17) is 9.84 Å². The van der Waals surface area contributed by atoms with Crippen LogP contribution in [-0.4, -0.2) is 47.5 Å². The second kappa shape index (κ2) is 6.01. The number of benzene rings is 1. The topological polar surface area (TPSA) is 30.3 Å². The van der Waals surface area contributed by atoms with E-state index in [1.807, 2.05) is 0 Å². The summed E-state index contributed by atoms with van der Waals surface area (Å²) >= 11 is 0. The maximum Gasteiger partial charge on any atom is 0.0688 e. The minimum Gasteiger partial charge on any atom is -0.379 e. The summed E-state index contributed by atoms with van der Waals surface area (Å²) in [6.45, 7) is 14.6. The number of aromatic nitrogens is 2. The van der Waals surface area contributed by atoms with E-state index in [1.54, 1.807) is 0 Å². The molecule has 0 N–H and O–H groups in total. The fraction of sp³-hybridized carbons (Fsp3) is 0.611. The van der Waals surface area contributed by atoms with Crippen molar-refractivity contribution >= 4 is 10.9 Å². The molecule has 0 unspecified atom stereocenters. The number of fused-ring (bicyclic) bond motifs is 1. The van der Waals surface area contributed by atoms with Gasteiger partial charge in [-0.15, -0.1) is 0 Å². The fourth-order valence-corrected chi connectivity index (χ4v) is 3.04. The lowest BCUT2D eigenvalue weighted by Gasteiger charge is -2.26. The van der Waals surface area contributed by atoms with Crippen LogP contribution in [0.15, 0.2) is 18.2 Å². The molecule has 4 nitrogen and oxygen atoms in total. The average molecular weight is 301 g/mol. The highest BCUT2D eigenvalue weighted by Crippen LogP contribution is 2.27. The van der Waals surface area contributed by atoms with Gasteiger partial charge in [0.25, 0.3) is 0 Å². The molecule has 1 saturated heterocycles. The predicted molar refractivity (Wildman–Crippen MR) is 90.4 cm³/mol. The van der Waals surface area contributed by atoms with Crippen molar-refractivity contribution in [2.75, 3.05) is 32.8 Å². The van der Waals surface area contributed by atoms with Crippen LogP contribution in [0.25, 0.3) is 10.9 Å². The Morgan fingerprint density at radius 2 is 1.86 bits per heavy atom. The van der Waals surface area contributed by atoms with Crippen molar-refractivity contribution in [3.8, 4) is 0 Å². The third kappa shape index (κ3) is 3.18. The molecular weight excluding hydrogens is 274 g/mol. The van der Waals surface area contributed by atoms with E-state index in [1.165, 1.54) is 16.5 Å². The van der Waals surface area contributed by atoms with E-state index in [9.17, 15) is 0 Å². The van der Waals surface area contributed by atoms with Crippen molar-refractivity contribution in [1.29, 1.82) is 0 Å². The summed E-state index contributed by atoms with van der Waals surface area (Å²) in [4.78, 5) is 2.46. The van der Waals surface area contributed by atoms with Gasteiger partial charge in [-0.1, -0.05) is 32.9 Å². The second-order valence-corrected chi connectivity index (χ2v) is 7.24. The van der Waals surface area contributed by atoms with E-state index in [2.05, 4.69) is 55.5 Å². The molecule has 22 heavy (non-hydrogen) atoms. The van der Waals surface area contributed by atoms with Crippen molar-refractivity contribution in [3.05, 3.63) is 29.5 Å². The van der Waals surface area contributed by atoms with Crippen LogP contribution in [0.2, 0.25) is 0 Å². The van der Waals surface area contributed by atoms with Crippen LogP contribution < -0.4 is 0 Å². The Kier molecular flexibility index (Phi) is 4.24. The Morgan fingerprint density at radius 3 is 2.55 bits per heavy atom. The molecule has 2 heterocycles. The van der Waals surface area contributed by atoms with Gasteiger partial charge in [0.2, 0.25) is 0 Å². The zero-order valence-corrected chi connectivity index (χ0v) is 14.2. The first-order valence-corrected chi connectivity index (χ1v) is 8.23. The molecule has 1 fully saturated rings. The Balaban J connectivity index is 1.85. The summed E-state index contributed by atoms with van der Waals surface area (Å²) in [6.07, 6.45) is 0. The standard InChI is InChI=1S/C18H27N3O/c1-14-16-6-5-15(18(2,3)4)13-17(16)21(19-14)8-7-20-9-11-22-12-10-20/h5-6,13H,7-12H2,1-4H3. The summed E-state index contributed by atoms with van der Waals surface area (Å²) in [5.41, 5.74) is 3.92. The lowest BCUT2D eigenvalue weighted by atomic mass is 9.86. The van der Waals surface area contributed by atoms with Gasteiger partial charge in [-0.2, -0.15) is 5.10 Å². The number of ether oxygens (including phenoxy) is 1. The molecule has 3 rings (SSSR count). The highest BCUT2D eigenvalue weighted by molar-refractivity contribution is 5.82. The molecule has 0 spiro atoms. The van der Waals surface area contributed by atoms with Crippen molar-refractivity contribution in [2.45, 2.75) is 39.7 Å². The number of hydrogen-bond acceptors (Lipinski definition) is 3. The van der Waals surface area contributed by atoms with Gasteiger partial charge in [-0.3, -0.25) is 9.58 Å². The first-order valence-electron chi connectivity index (χ1n) is 8.23. The molecule has 4 heteroatoms. The average Bonchev–Trinajstić information content (AvgIpc) is 2.81. The third-order valence-corrected chi connectivity index (χ3v) is 4.53. The van der Waals surface area contributed by atoms with E-state index >= 15 is 0 Å². The molecule has 1 aromatic carbocycles. The van der Waals surface area contributed by atoms with E-state index in [-0.39, 0.29) is 5.41 Å². The van der Waals surface area contributed by atoms with Crippen molar-refractivity contribution < 1.29 is 4.74 Å². The molecule has 0 radical (unpaired) electrons. The zero-order valence-electron chi connectivity index (χ0n) is 14.2. The van der Waals surface area contributed by atoms with Crippen molar-refractivity contribution in [3.63, 3.8) is 0 Å². The molecule has 1 aliphatic rings. The number of aryl methyl sites for hydroxylation is 1. The number of rotatable bonds is 3. The van der Waals surface area contributed by atoms with Crippen LogP contribution in [0, 0.1) is 6.92 Å². The second-order valence-electron chi connectivity index (χ2n) is 7.24. The normalized spacial score (nSPS) is 17.3. The molecule has 120 valence electrons. The number of nitrogens with zero attached hydrogens (tertiary/aromatic N) is 3. The van der Waals surface area contributed by atoms with Crippen molar-refractivity contribution in [1.82, 2.24) is 14.7 Å². The Bertz CT molecular complexity index is 648. The largest absolute Gasteiger partial charge is 0.379 e. The van der Waals surface area contributed by atoms with Gasteiger partial charge in [0, 0.05) is 25.0 Å². The lowest BCUT2D eigenvalue weighted by molar-refractivity contribution is 0.0361. The predicted octanol–water partition coefficient (Wildman–Crippen LogP) is 2.97. The highest BCUT2D eigenvalue weighted by atomic mass is 16.5. The van der Waals surface area contributed by atoms with Crippen LogP contribution in [0.5, 0.6) is 0 Å². The molecule has 0 saturated carbocycles. The molecule has 0 aliphatic carbocycles. The van der Waals surface area contributed by atoms with Gasteiger partial charge in [0.15, 0.2) is 0 Å². The van der Waals surface area contributed by atoms with Crippen LogP contribution in [0.1, 0.15) is 32.0 Å². The minimum absolute atomic E-state index is 0.168. The maximum atomic E-state index is 5.42. The smallest absolute Gasteiger partial charge is 0.0688 e. The van der Waals surface area contributed by atoms with Gasteiger partial charge in [-0.05, 0) is 24.0 Å². The summed E-state index contributed by atoms with van der Waals surface area (Å²) < 4.78 is 7.59. The highest BCUT2D eigenvalue weighted by Gasteiger charge is 2.17. The van der Waals surface area contributed by atoms with Crippen LogP contribution in [0.4, 0.5) is 0 Å². The van der Waals surface area contributed by atoms with Gasteiger partial charge in [0.05, 0.1) is 31.0 Å².